The average molecular weight is 275 g/mol. The van der Waals surface area contributed by atoms with Crippen LogP contribution >= 0.6 is 11.6 Å². The van der Waals surface area contributed by atoms with Gasteiger partial charge in [0.15, 0.2) is 0 Å². The Labute approximate surface area is 108 Å². The molecule has 0 aliphatic heterocycles. The number of amides is 1. The molecule has 0 aromatic heterocycles. The number of unbranched alkanes of at least 4 members (excludes halogenated alkanes) is 1. The Morgan fingerprint density at radius 2 is 2.17 bits per heavy atom. The Morgan fingerprint density at radius 3 is 2.78 bits per heavy atom. The zero-order valence-corrected chi connectivity index (χ0v) is 10.2. The number of nitro groups is 1. The lowest BCUT2D eigenvalue weighted by molar-refractivity contribution is -0.384. The topological polar surface area (TPSA) is 72.2 Å². The molecular formula is C11H12ClFN2O3. The van der Waals surface area contributed by atoms with Crippen molar-refractivity contribution in [2.75, 3.05) is 11.2 Å². The minimum atomic E-state index is -0.703. The predicted octanol–water partition coefficient (Wildman–Crippen LogP) is 3.08. The van der Waals surface area contributed by atoms with E-state index in [1.807, 2.05) is 0 Å². The van der Waals surface area contributed by atoms with Crippen LogP contribution in [0.4, 0.5) is 15.8 Å². The molecule has 0 unspecified atom stereocenters. The van der Waals surface area contributed by atoms with E-state index in [1.165, 1.54) is 0 Å². The van der Waals surface area contributed by atoms with Gasteiger partial charge in [0.1, 0.15) is 5.82 Å². The molecule has 0 saturated heterocycles. The Kier molecular flexibility index (Phi) is 5.51. The number of nitro benzene ring substituents is 1. The maximum atomic E-state index is 13.3. The molecule has 0 aliphatic rings. The normalized spacial score (nSPS) is 10.1. The van der Waals surface area contributed by atoms with E-state index in [-0.39, 0.29) is 23.7 Å². The van der Waals surface area contributed by atoms with E-state index in [2.05, 4.69) is 5.32 Å². The number of non-ortho nitro benzene ring substituents is 1. The van der Waals surface area contributed by atoms with Gasteiger partial charge >= 0.3 is 0 Å². The quantitative estimate of drug-likeness (QED) is 0.375. The van der Waals surface area contributed by atoms with Gasteiger partial charge < -0.3 is 5.32 Å². The molecule has 1 amide bonds. The van der Waals surface area contributed by atoms with Gasteiger partial charge in [-0.3, -0.25) is 14.9 Å². The predicted molar refractivity (Wildman–Crippen MR) is 66.3 cm³/mol. The van der Waals surface area contributed by atoms with Crippen LogP contribution in [-0.2, 0) is 4.79 Å². The number of alkyl halides is 1. The first-order valence-corrected chi connectivity index (χ1v) is 5.88. The fourth-order valence-electron chi connectivity index (χ4n) is 1.32. The van der Waals surface area contributed by atoms with Crippen molar-refractivity contribution in [2.24, 2.45) is 0 Å². The molecule has 0 fully saturated rings. The van der Waals surface area contributed by atoms with Gasteiger partial charge in [0, 0.05) is 24.4 Å². The highest BCUT2D eigenvalue weighted by Gasteiger charge is 2.12. The maximum absolute atomic E-state index is 13.3. The molecule has 1 aromatic carbocycles. The summed E-state index contributed by atoms with van der Waals surface area (Å²) in [4.78, 5) is 21.3. The van der Waals surface area contributed by atoms with Crippen molar-refractivity contribution >= 4 is 28.9 Å². The number of nitrogens with zero attached hydrogens (tertiary/aromatic N) is 1. The summed E-state index contributed by atoms with van der Waals surface area (Å²) in [5, 5.41) is 12.8. The van der Waals surface area contributed by atoms with Gasteiger partial charge in [0.2, 0.25) is 5.91 Å². The van der Waals surface area contributed by atoms with Crippen LogP contribution < -0.4 is 5.32 Å². The smallest absolute Gasteiger partial charge is 0.271 e. The van der Waals surface area contributed by atoms with Crippen molar-refractivity contribution in [3.8, 4) is 0 Å². The monoisotopic (exact) mass is 274 g/mol. The fourth-order valence-corrected chi connectivity index (χ4v) is 1.50. The lowest BCUT2D eigenvalue weighted by Crippen LogP contribution is -2.12. The Morgan fingerprint density at radius 1 is 1.44 bits per heavy atom. The standard InChI is InChI=1S/C11H12ClFN2O3/c12-6-2-1-3-11(16)14-10-7-8(15(17)18)4-5-9(10)13/h4-5,7H,1-3,6H2,(H,14,16). The van der Waals surface area contributed by atoms with Gasteiger partial charge in [0.25, 0.3) is 5.69 Å². The molecular weight excluding hydrogens is 263 g/mol. The molecule has 1 rings (SSSR count). The van der Waals surface area contributed by atoms with Crippen LogP contribution in [0.2, 0.25) is 0 Å². The summed E-state index contributed by atoms with van der Waals surface area (Å²) in [7, 11) is 0. The SMILES string of the molecule is O=C(CCCCCl)Nc1cc([N+](=O)[O-])ccc1F. The second kappa shape index (κ2) is 6.90. The Bertz CT molecular complexity index is 454. The number of rotatable bonds is 6. The zero-order chi connectivity index (χ0) is 13.5. The molecule has 0 atom stereocenters. The molecule has 1 N–H and O–H groups in total. The Balaban J connectivity index is 2.68. The van der Waals surface area contributed by atoms with Gasteiger partial charge in [-0.05, 0) is 18.9 Å². The molecule has 0 heterocycles. The molecule has 98 valence electrons. The van der Waals surface area contributed by atoms with Gasteiger partial charge in [-0.2, -0.15) is 0 Å². The summed E-state index contributed by atoms with van der Waals surface area (Å²) in [5.74, 6) is -0.635. The number of carbonyl (C=O) groups excluding carboxylic acids is 1. The highest BCUT2D eigenvalue weighted by Crippen LogP contribution is 2.21. The zero-order valence-electron chi connectivity index (χ0n) is 9.49. The highest BCUT2D eigenvalue weighted by molar-refractivity contribution is 6.17. The molecule has 0 bridgehead atoms. The van der Waals surface area contributed by atoms with Crippen molar-refractivity contribution in [1.82, 2.24) is 0 Å². The summed E-state index contributed by atoms with van der Waals surface area (Å²) >= 11 is 5.46. The molecule has 18 heavy (non-hydrogen) atoms. The van der Waals surface area contributed by atoms with Crippen LogP contribution in [0.15, 0.2) is 18.2 Å². The third-order valence-electron chi connectivity index (χ3n) is 2.22. The molecule has 0 spiro atoms. The first-order chi connectivity index (χ1) is 8.54. The molecule has 7 heteroatoms. The van der Waals surface area contributed by atoms with E-state index in [9.17, 15) is 19.3 Å². The minimum Gasteiger partial charge on any atom is -0.323 e. The van der Waals surface area contributed by atoms with Gasteiger partial charge in [0.05, 0.1) is 10.6 Å². The van der Waals surface area contributed by atoms with Crippen LogP contribution in [-0.4, -0.2) is 16.7 Å². The van der Waals surface area contributed by atoms with Crippen molar-refractivity contribution in [2.45, 2.75) is 19.3 Å². The number of nitrogens with one attached hydrogen (secondary N) is 1. The van der Waals surface area contributed by atoms with Gasteiger partial charge in [-0.15, -0.1) is 11.6 Å². The fraction of sp³-hybridized carbons (Fsp3) is 0.364. The van der Waals surface area contributed by atoms with E-state index >= 15 is 0 Å². The van der Waals surface area contributed by atoms with Crippen molar-refractivity contribution in [3.63, 3.8) is 0 Å². The number of carbonyl (C=O) groups is 1. The van der Waals surface area contributed by atoms with Crippen molar-refractivity contribution in [1.29, 1.82) is 0 Å². The summed E-state index contributed by atoms with van der Waals surface area (Å²) in [6.07, 6.45) is 1.48. The number of anilines is 1. The van der Waals surface area contributed by atoms with Gasteiger partial charge in [-0.1, -0.05) is 0 Å². The third-order valence-corrected chi connectivity index (χ3v) is 2.49. The average Bonchev–Trinajstić information content (AvgIpc) is 2.32. The van der Waals surface area contributed by atoms with E-state index in [0.29, 0.717) is 18.7 Å². The van der Waals surface area contributed by atoms with Crippen molar-refractivity contribution in [3.05, 3.63) is 34.1 Å². The molecule has 5 nitrogen and oxygen atoms in total. The molecule has 0 saturated carbocycles. The lowest BCUT2D eigenvalue weighted by atomic mass is 10.2. The van der Waals surface area contributed by atoms with Crippen LogP contribution in [0.5, 0.6) is 0 Å². The van der Waals surface area contributed by atoms with E-state index in [1.54, 1.807) is 0 Å². The summed E-state index contributed by atoms with van der Waals surface area (Å²) in [6.45, 7) is 0. The van der Waals surface area contributed by atoms with Crippen LogP contribution in [0.25, 0.3) is 0 Å². The molecule has 0 aliphatic carbocycles. The maximum Gasteiger partial charge on any atom is 0.271 e. The Hall–Kier alpha value is -1.69. The largest absolute Gasteiger partial charge is 0.323 e. The summed E-state index contributed by atoms with van der Waals surface area (Å²) in [6, 6.07) is 2.99. The number of hydrogen-bond donors (Lipinski definition) is 1. The lowest BCUT2D eigenvalue weighted by Gasteiger charge is -2.05. The second-order valence-corrected chi connectivity index (χ2v) is 3.99. The van der Waals surface area contributed by atoms with E-state index in [4.69, 9.17) is 11.6 Å². The van der Waals surface area contributed by atoms with Gasteiger partial charge in [-0.25, -0.2) is 4.39 Å². The van der Waals surface area contributed by atoms with Crippen molar-refractivity contribution < 1.29 is 14.1 Å². The third kappa shape index (κ3) is 4.29. The number of benzene rings is 1. The summed E-state index contributed by atoms with van der Waals surface area (Å²) < 4.78 is 13.3. The summed E-state index contributed by atoms with van der Waals surface area (Å²) in [5.41, 5.74) is -0.451. The molecule has 1 aromatic rings. The number of hydrogen-bond acceptors (Lipinski definition) is 3. The first kappa shape index (κ1) is 14.4. The van der Waals surface area contributed by atoms with E-state index in [0.717, 1.165) is 18.2 Å². The minimum absolute atomic E-state index is 0.180. The first-order valence-electron chi connectivity index (χ1n) is 5.34. The second-order valence-electron chi connectivity index (χ2n) is 3.62. The van der Waals surface area contributed by atoms with E-state index < -0.39 is 10.7 Å². The van der Waals surface area contributed by atoms with Crippen LogP contribution in [0.3, 0.4) is 0 Å². The molecule has 0 radical (unpaired) electrons. The highest BCUT2D eigenvalue weighted by atomic mass is 35.5. The van der Waals surface area contributed by atoms with Crippen LogP contribution in [0, 0.1) is 15.9 Å². The van der Waals surface area contributed by atoms with Crippen LogP contribution in [0.1, 0.15) is 19.3 Å². The number of halogens is 2.